The van der Waals surface area contributed by atoms with Gasteiger partial charge in [0.2, 0.25) is 5.95 Å². The summed E-state index contributed by atoms with van der Waals surface area (Å²) in [4.78, 5) is 24.5. The van der Waals surface area contributed by atoms with E-state index in [0.717, 1.165) is 6.26 Å². The average Bonchev–Trinajstić information content (AvgIpc) is 2.66. The molecule has 1 aromatic carbocycles. The Balaban J connectivity index is 1.90. The Labute approximate surface area is 176 Å². The number of hydrogen-bond donors (Lipinski definition) is 0. The molecule has 0 saturated carbocycles. The minimum absolute atomic E-state index is 0.0630. The van der Waals surface area contributed by atoms with E-state index in [1.54, 1.807) is 19.2 Å². The van der Waals surface area contributed by atoms with Crippen LogP contribution in [0.1, 0.15) is 36.8 Å². The second-order valence-electron chi connectivity index (χ2n) is 8.06. The molecule has 2 heterocycles. The highest BCUT2D eigenvalue weighted by Crippen LogP contribution is 2.28. The third kappa shape index (κ3) is 4.45. The van der Waals surface area contributed by atoms with Crippen molar-refractivity contribution >= 4 is 27.3 Å². The molecule has 0 radical (unpaired) electrons. The molecule has 0 unspecified atom stereocenters. The summed E-state index contributed by atoms with van der Waals surface area (Å²) in [5.41, 5.74) is 1.83. The lowest BCUT2D eigenvalue weighted by atomic mass is 9.99. The molecular formula is C21H27FN4O3S. The predicted octanol–water partition coefficient (Wildman–Crippen LogP) is 2.88. The summed E-state index contributed by atoms with van der Waals surface area (Å²) >= 11 is 0. The van der Waals surface area contributed by atoms with Crippen molar-refractivity contribution in [1.82, 2.24) is 9.97 Å². The lowest BCUT2D eigenvalue weighted by Gasteiger charge is -2.44. The van der Waals surface area contributed by atoms with Crippen LogP contribution in [0.3, 0.4) is 0 Å². The summed E-state index contributed by atoms with van der Waals surface area (Å²) < 4.78 is 37.8. The van der Waals surface area contributed by atoms with Crippen molar-refractivity contribution in [2.45, 2.75) is 38.6 Å². The van der Waals surface area contributed by atoms with Gasteiger partial charge in [-0.05, 0) is 38.0 Å². The van der Waals surface area contributed by atoms with Gasteiger partial charge in [0, 0.05) is 37.8 Å². The van der Waals surface area contributed by atoms with Crippen LogP contribution in [0, 0.1) is 18.7 Å². The van der Waals surface area contributed by atoms with Gasteiger partial charge in [-0.15, -0.1) is 0 Å². The van der Waals surface area contributed by atoms with Gasteiger partial charge >= 0.3 is 0 Å². The molecule has 162 valence electrons. The molecule has 30 heavy (non-hydrogen) atoms. The summed E-state index contributed by atoms with van der Waals surface area (Å²) in [6.45, 7) is 9.34. The maximum Gasteiger partial charge on any atom is 0.225 e. The number of carbonyl (C=O) groups is 1. The molecule has 7 nitrogen and oxygen atoms in total. The van der Waals surface area contributed by atoms with Crippen LogP contribution in [0.5, 0.6) is 0 Å². The number of ketones is 1. The molecule has 1 aliphatic rings. The Morgan fingerprint density at radius 1 is 1.27 bits per heavy atom. The monoisotopic (exact) mass is 434 g/mol. The Kier molecular flexibility index (Phi) is 6.12. The molecular weight excluding hydrogens is 407 g/mol. The van der Waals surface area contributed by atoms with E-state index >= 15 is 0 Å². The number of rotatable bonds is 5. The number of Topliss-reactive ketones (excluding diaryl/α,β-unsaturated/α-hetero) is 1. The van der Waals surface area contributed by atoms with Gasteiger partial charge in [0.15, 0.2) is 15.6 Å². The largest absolute Gasteiger partial charge is 0.368 e. The number of aryl methyl sites for hydroxylation is 1. The smallest absolute Gasteiger partial charge is 0.225 e. The number of benzene rings is 1. The molecule has 0 aliphatic carbocycles. The van der Waals surface area contributed by atoms with E-state index in [1.807, 2.05) is 0 Å². The molecule has 2 aromatic rings. The van der Waals surface area contributed by atoms with Crippen LogP contribution in [0.25, 0.3) is 0 Å². The minimum atomic E-state index is -3.65. The summed E-state index contributed by atoms with van der Waals surface area (Å²) in [7, 11) is -3.65. The molecule has 1 aliphatic heterocycles. The van der Waals surface area contributed by atoms with Gasteiger partial charge in [-0.25, -0.2) is 22.8 Å². The molecule has 1 saturated heterocycles. The molecule has 0 bridgehead atoms. The first-order chi connectivity index (χ1) is 14.0. The lowest BCUT2D eigenvalue weighted by molar-refractivity contribution is 0.101. The zero-order chi connectivity index (χ0) is 22.2. The molecule has 0 N–H and O–H groups in total. The van der Waals surface area contributed by atoms with Gasteiger partial charge in [0.1, 0.15) is 10.7 Å². The first kappa shape index (κ1) is 22.1. The maximum atomic E-state index is 14.0. The van der Waals surface area contributed by atoms with Gasteiger partial charge < -0.3 is 9.80 Å². The quantitative estimate of drug-likeness (QED) is 0.669. The van der Waals surface area contributed by atoms with Crippen molar-refractivity contribution in [3.8, 4) is 0 Å². The van der Waals surface area contributed by atoms with E-state index in [2.05, 4.69) is 33.6 Å². The van der Waals surface area contributed by atoms with Gasteiger partial charge in [-0.1, -0.05) is 13.8 Å². The van der Waals surface area contributed by atoms with Crippen molar-refractivity contribution in [3.05, 3.63) is 41.5 Å². The summed E-state index contributed by atoms with van der Waals surface area (Å²) in [6, 6.07) is 4.28. The standard InChI is InChI=1S/C21H27FN4O3S/c1-13(2)19-12-25(16-6-7-18(22)20(10-16)30(5,28)29)8-9-26(19)21-23-11-17(15(4)27)14(3)24-21/h6-7,10-11,13,19H,8-9,12H2,1-5H3/t19-/m0/s1. The number of hydrogen-bond acceptors (Lipinski definition) is 7. The second-order valence-corrected chi connectivity index (χ2v) is 10.0. The highest BCUT2D eigenvalue weighted by Gasteiger charge is 2.32. The van der Waals surface area contributed by atoms with E-state index in [1.165, 1.54) is 19.1 Å². The molecule has 1 aromatic heterocycles. The Bertz CT molecular complexity index is 1070. The van der Waals surface area contributed by atoms with Crippen LogP contribution in [0.15, 0.2) is 29.3 Å². The van der Waals surface area contributed by atoms with E-state index in [4.69, 9.17) is 0 Å². The van der Waals surface area contributed by atoms with Crippen molar-refractivity contribution in [2.24, 2.45) is 5.92 Å². The van der Waals surface area contributed by atoms with Crippen molar-refractivity contribution < 1.29 is 17.6 Å². The number of carbonyl (C=O) groups excluding carboxylic acids is 1. The van der Waals surface area contributed by atoms with E-state index in [0.29, 0.717) is 42.5 Å². The third-order valence-electron chi connectivity index (χ3n) is 5.47. The van der Waals surface area contributed by atoms with Gasteiger partial charge in [0.05, 0.1) is 17.3 Å². The molecule has 1 atom stereocenters. The van der Waals surface area contributed by atoms with E-state index < -0.39 is 15.7 Å². The first-order valence-corrected chi connectivity index (χ1v) is 11.7. The number of anilines is 2. The third-order valence-corrected chi connectivity index (χ3v) is 6.58. The lowest BCUT2D eigenvalue weighted by Crippen LogP contribution is -2.56. The topological polar surface area (TPSA) is 83.5 Å². The van der Waals surface area contributed by atoms with E-state index in [9.17, 15) is 17.6 Å². The van der Waals surface area contributed by atoms with Crippen LogP contribution in [0.2, 0.25) is 0 Å². The van der Waals surface area contributed by atoms with Gasteiger partial charge in [-0.3, -0.25) is 4.79 Å². The second kappa shape index (κ2) is 8.29. The minimum Gasteiger partial charge on any atom is -0.368 e. The zero-order valence-corrected chi connectivity index (χ0v) is 18.7. The summed E-state index contributed by atoms with van der Waals surface area (Å²) in [6.07, 6.45) is 2.58. The Hall–Kier alpha value is -2.55. The fourth-order valence-electron chi connectivity index (χ4n) is 3.78. The van der Waals surface area contributed by atoms with Gasteiger partial charge in [-0.2, -0.15) is 0 Å². The number of halogens is 1. The van der Waals surface area contributed by atoms with Crippen molar-refractivity contribution in [1.29, 1.82) is 0 Å². The first-order valence-electron chi connectivity index (χ1n) is 9.84. The van der Waals surface area contributed by atoms with Crippen LogP contribution >= 0.6 is 0 Å². The fourth-order valence-corrected chi connectivity index (χ4v) is 4.53. The Morgan fingerprint density at radius 2 is 1.97 bits per heavy atom. The Morgan fingerprint density at radius 3 is 2.53 bits per heavy atom. The van der Waals surface area contributed by atoms with Crippen molar-refractivity contribution in [2.75, 3.05) is 35.7 Å². The fraction of sp³-hybridized carbons (Fsp3) is 0.476. The molecule has 9 heteroatoms. The normalized spacial score (nSPS) is 17.5. The summed E-state index contributed by atoms with van der Waals surface area (Å²) in [5.74, 6) is 0.0304. The number of nitrogens with zero attached hydrogens (tertiary/aromatic N) is 4. The zero-order valence-electron chi connectivity index (χ0n) is 17.9. The SMILES string of the molecule is CC(=O)c1cnc(N2CCN(c3ccc(F)c(S(C)(=O)=O)c3)C[C@H]2C(C)C)nc1C. The maximum absolute atomic E-state index is 14.0. The summed E-state index contributed by atoms with van der Waals surface area (Å²) in [5, 5.41) is 0. The van der Waals surface area contributed by atoms with E-state index in [-0.39, 0.29) is 22.6 Å². The van der Waals surface area contributed by atoms with Crippen LogP contribution in [-0.4, -0.2) is 56.1 Å². The van der Waals surface area contributed by atoms with Crippen LogP contribution in [0.4, 0.5) is 16.0 Å². The van der Waals surface area contributed by atoms with Gasteiger partial charge in [0.25, 0.3) is 0 Å². The highest BCUT2D eigenvalue weighted by molar-refractivity contribution is 7.90. The molecule has 3 rings (SSSR count). The van der Waals surface area contributed by atoms with Crippen LogP contribution < -0.4 is 9.80 Å². The molecule has 0 amide bonds. The number of sulfone groups is 1. The average molecular weight is 435 g/mol. The number of aromatic nitrogens is 2. The highest BCUT2D eigenvalue weighted by atomic mass is 32.2. The van der Waals surface area contributed by atoms with Crippen LogP contribution in [-0.2, 0) is 9.84 Å². The molecule has 1 fully saturated rings. The predicted molar refractivity (Wildman–Crippen MR) is 114 cm³/mol. The number of piperazine rings is 1. The molecule has 0 spiro atoms. The van der Waals surface area contributed by atoms with Crippen molar-refractivity contribution in [3.63, 3.8) is 0 Å².